The van der Waals surface area contributed by atoms with Crippen LogP contribution in [0.15, 0.2) is 23.6 Å². The molecule has 110 valence electrons. The fourth-order valence-corrected chi connectivity index (χ4v) is 3.44. The topological polar surface area (TPSA) is 66.8 Å². The summed E-state index contributed by atoms with van der Waals surface area (Å²) in [5, 5.41) is 21.6. The number of aliphatic hydroxyl groups is 1. The molecule has 0 saturated carbocycles. The summed E-state index contributed by atoms with van der Waals surface area (Å²) in [6, 6.07) is 5.68. The SMILES string of the molecule is Cc1c(C(O)c2cccs2)cc2c(c1C)OC(C(=O)O)C2. The lowest BCUT2D eigenvalue weighted by Gasteiger charge is -2.17. The predicted octanol–water partition coefficient (Wildman–Crippen LogP) is 2.83. The number of aliphatic hydroxyl groups excluding tert-OH is 1. The largest absolute Gasteiger partial charge is 0.478 e. The molecule has 0 radical (unpaired) electrons. The van der Waals surface area contributed by atoms with Gasteiger partial charge in [-0.25, -0.2) is 4.79 Å². The highest BCUT2D eigenvalue weighted by Crippen LogP contribution is 2.39. The van der Waals surface area contributed by atoms with E-state index in [0.717, 1.165) is 27.1 Å². The molecule has 2 atom stereocenters. The van der Waals surface area contributed by atoms with Crippen molar-refractivity contribution in [3.63, 3.8) is 0 Å². The van der Waals surface area contributed by atoms with Crippen molar-refractivity contribution in [1.29, 1.82) is 0 Å². The number of benzene rings is 1. The van der Waals surface area contributed by atoms with Gasteiger partial charge in [0.1, 0.15) is 11.9 Å². The Labute approximate surface area is 126 Å². The molecule has 3 rings (SSSR count). The van der Waals surface area contributed by atoms with Crippen LogP contribution in [0.1, 0.15) is 33.2 Å². The Morgan fingerprint density at radius 2 is 2.19 bits per heavy atom. The lowest BCUT2D eigenvalue weighted by Crippen LogP contribution is -2.24. The molecule has 0 saturated heterocycles. The van der Waals surface area contributed by atoms with Gasteiger partial charge in [0, 0.05) is 11.3 Å². The van der Waals surface area contributed by atoms with Crippen LogP contribution in [0.3, 0.4) is 0 Å². The van der Waals surface area contributed by atoms with E-state index in [1.165, 1.54) is 11.3 Å². The average molecular weight is 304 g/mol. The van der Waals surface area contributed by atoms with E-state index in [9.17, 15) is 9.90 Å². The van der Waals surface area contributed by atoms with E-state index in [-0.39, 0.29) is 0 Å². The van der Waals surface area contributed by atoms with Crippen LogP contribution < -0.4 is 4.74 Å². The molecule has 1 aromatic carbocycles. The van der Waals surface area contributed by atoms with E-state index in [4.69, 9.17) is 9.84 Å². The standard InChI is InChI=1S/C16H16O4S/c1-8-9(2)15-10(7-12(20-15)16(18)19)6-11(8)14(17)13-4-3-5-21-13/h3-6,12,14,17H,7H2,1-2H3,(H,18,19). The first kappa shape index (κ1) is 14.1. The van der Waals surface area contributed by atoms with Gasteiger partial charge in [-0.15, -0.1) is 11.3 Å². The number of carboxylic acid groups (broad SMARTS) is 1. The minimum absolute atomic E-state index is 0.343. The molecule has 1 aliphatic heterocycles. The molecule has 2 N–H and O–H groups in total. The van der Waals surface area contributed by atoms with Gasteiger partial charge in [-0.1, -0.05) is 6.07 Å². The molecule has 1 aromatic heterocycles. The molecule has 5 heteroatoms. The first-order valence-electron chi connectivity index (χ1n) is 6.73. The Kier molecular flexibility index (Phi) is 3.47. The monoisotopic (exact) mass is 304 g/mol. The highest BCUT2D eigenvalue weighted by molar-refractivity contribution is 7.10. The zero-order valence-electron chi connectivity index (χ0n) is 11.8. The van der Waals surface area contributed by atoms with E-state index in [2.05, 4.69) is 0 Å². The first-order valence-corrected chi connectivity index (χ1v) is 7.61. The molecule has 4 nitrogen and oxygen atoms in total. The molecular formula is C16H16O4S. The third-order valence-corrected chi connectivity index (χ3v) is 4.93. The summed E-state index contributed by atoms with van der Waals surface area (Å²) in [4.78, 5) is 12.0. The van der Waals surface area contributed by atoms with Crippen LogP contribution in [0.25, 0.3) is 0 Å². The number of ether oxygens (including phenoxy) is 1. The summed E-state index contributed by atoms with van der Waals surface area (Å²) < 4.78 is 5.53. The van der Waals surface area contributed by atoms with Crippen LogP contribution in [0.4, 0.5) is 0 Å². The number of carboxylic acids is 1. The molecule has 0 fully saturated rings. The molecular weight excluding hydrogens is 288 g/mol. The van der Waals surface area contributed by atoms with E-state index in [1.807, 2.05) is 37.4 Å². The predicted molar refractivity (Wildman–Crippen MR) is 80.1 cm³/mol. The maximum Gasteiger partial charge on any atom is 0.345 e. The molecule has 0 bridgehead atoms. The van der Waals surface area contributed by atoms with E-state index < -0.39 is 18.2 Å². The fourth-order valence-electron chi connectivity index (χ4n) is 2.71. The summed E-state index contributed by atoms with van der Waals surface area (Å²) in [5.74, 6) is -0.300. The number of aliphatic carboxylic acids is 1. The van der Waals surface area contributed by atoms with Crippen molar-refractivity contribution in [1.82, 2.24) is 0 Å². The second-order valence-electron chi connectivity index (χ2n) is 5.27. The van der Waals surface area contributed by atoms with Gasteiger partial charge in [0.25, 0.3) is 0 Å². The van der Waals surface area contributed by atoms with Crippen LogP contribution >= 0.6 is 11.3 Å². The maximum absolute atomic E-state index is 11.1. The zero-order valence-corrected chi connectivity index (χ0v) is 12.6. The average Bonchev–Trinajstić information content (AvgIpc) is 3.10. The summed E-state index contributed by atoms with van der Waals surface area (Å²) in [7, 11) is 0. The van der Waals surface area contributed by atoms with Crippen LogP contribution in [-0.2, 0) is 11.2 Å². The highest BCUT2D eigenvalue weighted by atomic mass is 32.1. The van der Waals surface area contributed by atoms with Gasteiger partial charge >= 0.3 is 5.97 Å². The van der Waals surface area contributed by atoms with Crippen molar-refractivity contribution in [2.24, 2.45) is 0 Å². The third-order valence-electron chi connectivity index (χ3n) is 4.01. The number of carbonyl (C=O) groups is 1. The summed E-state index contributed by atoms with van der Waals surface area (Å²) >= 11 is 1.50. The lowest BCUT2D eigenvalue weighted by molar-refractivity contribution is -0.144. The third kappa shape index (κ3) is 2.32. The molecule has 2 unspecified atom stereocenters. The van der Waals surface area contributed by atoms with Gasteiger partial charge in [0.2, 0.25) is 0 Å². The van der Waals surface area contributed by atoms with Crippen LogP contribution in [0.5, 0.6) is 5.75 Å². The zero-order chi connectivity index (χ0) is 15.1. The van der Waals surface area contributed by atoms with Crippen LogP contribution in [0.2, 0.25) is 0 Å². The van der Waals surface area contributed by atoms with Gasteiger partial charge in [-0.3, -0.25) is 0 Å². The molecule has 2 heterocycles. The van der Waals surface area contributed by atoms with Crippen molar-refractivity contribution in [2.45, 2.75) is 32.5 Å². The minimum atomic E-state index is -0.955. The van der Waals surface area contributed by atoms with Crippen LogP contribution in [0, 0.1) is 13.8 Å². The van der Waals surface area contributed by atoms with Gasteiger partial charge in [0.05, 0.1) is 0 Å². The quantitative estimate of drug-likeness (QED) is 0.915. The van der Waals surface area contributed by atoms with E-state index in [1.54, 1.807) is 0 Å². The Hall–Kier alpha value is -1.85. The maximum atomic E-state index is 11.1. The Bertz CT molecular complexity index is 691. The number of fused-ring (bicyclic) bond motifs is 1. The highest BCUT2D eigenvalue weighted by Gasteiger charge is 2.32. The number of thiophene rings is 1. The lowest BCUT2D eigenvalue weighted by atomic mass is 9.93. The van der Waals surface area contributed by atoms with Gasteiger partial charge in [0.15, 0.2) is 6.10 Å². The molecule has 21 heavy (non-hydrogen) atoms. The number of hydrogen-bond donors (Lipinski definition) is 2. The van der Waals surface area contributed by atoms with Crippen molar-refractivity contribution in [2.75, 3.05) is 0 Å². The Morgan fingerprint density at radius 1 is 1.43 bits per heavy atom. The summed E-state index contributed by atoms with van der Waals surface area (Å²) in [5.41, 5.74) is 3.53. The fraction of sp³-hybridized carbons (Fsp3) is 0.312. The van der Waals surface area contributed by atoms with Crippen LogP contribution in [-0.4, -0.2) is 22.3 Å². The van der Waals surface area contributed by atoms with Crippen molar-refractivity contribution in [3.05, 3.63) is 50.7 Å². The smallest absolute Gasteiger partial charge is 0.345 e. The number of rotatable bonds is 3. The van der Waals surface area contributed by atoms with Gasteiger partial charge in [-0.2, -0.15) is 0 Å². The van der Waals surface area contributed by atoms with Crippen molar-refractivity contribution < 1.29 is 19.7 Å². The first-order chi connectivity index (χ1) is 9.99. The second kappa shape index (κ2) is 5.16. The second-order valence-corrected chi connectivity index (χ2v) is 6.25. The molecule has 0 aliphatic carbocycles. The molecule has 2 aromatic rings. The Morgan fingerprint density at radius 3 is 2.81 bits per heavy atom. The van der Waals surface area contributed by atoms with Crippen molar-refractivity contribution >= 4 is 17.3 Å². The van der Waals surface area contributed by atoms with Gasteiger partial charge in [-0.05, 0) is 53.6 Å². The number of hydrogen-bond acceptors (Lipinski definition) is 4. The van der Waals surface area contributed by atoms with Gasteiger partial charge < -0.3 is 14.9 Å². The molecule has 1 aliphatic rings. The summed E-state index contributed by atoms with van der Waals surface area (Å²) in [6.45, 7) is 3.84. The van der Waals surface area contributed by atoms with E-state index >= 15 is 0 Å². The van der Waals surface area contributed by atoms with E-state index in [0.29, 0.717) is 12.2 Å². The minimum Gasteiger partial charge on any atom is -0.478 e. The summed E-state index contributed by atoms with van der Waals surface area (Å²) in [6.07, 6.45) is -1.17. The Balaban J connectivity index is 2.04. The normalized spacial score (nSPS) is 18.1. The molecule has 0 amide bonds. The molecule has 0 spiro atoms. The van der Waals surface area contributed by atoms with Crippen molar-refractivity contribution in [3.8, 4) is 5.75 Å².